The molecule has 0 amide bonds. The maximum absolute atomic E-state index is 15.2. The number of unbranched alkanes of at least 4 members (excludes halogenated alkanes) is 4. The molecular formula is C30H39FO6. The minimum absolute atomic E-state index is 0.0518. The van der Waals surface area contributed by atoms with Crippen LogP contribution < -0.4 is 9.78 Å². The molecule has 0 aromatic heterocycles. The van der Waals surface area contributed by atoms with Crippen molar-refractivity contribution in [3.05, 3.63) is 59.9 Å². The smallest absolute Gasteiger partial charge is 0.383 e. The molecule has 37 heavy (non-hydrogen) atoms. The third-order valence-corrected chi connectivity index (χ3v) is 7.14. The molecule has 1 aliphatic rings. The molecule has 0 heterocycles. The maximum atomic E-state index is 15.2. The zero-order valence-corrected chi connectivity index (χ0v) is 22.0. The van der Waals surface area contributed by atoms with Crippen LogP contribution in [0.25, 0.3) is 11.1 Å². The van der Waals surface area contributed by atoms with Crippen LogP contribution in [0.2, 0.25) is 0 Å². The highest BCUT2D eigenvalue weighted by Gasteiger charge is 2.24. The highest BCUT2D eigenvalue weighted by atomic mass is 19.1. The number of hydrogen-bond acceptors (Lipinski definition) is 6. The molecule has 1 fully saturated rings. The number of benzene rings is 2. The molecular weight excluding hydrogens is 475 g/mol. The van der Waals surface area contributed by atoms with Crippen molar-refractivity contribution in [2.75, 3.05) is 13.7 Å². The number of aliphatic hydroxyl groups is 1. The van der Waals surface area contributed by atoms with Gasteiger partial charge in [-0.3, -0.25) is 4.89 Å². The summed E-state index contributed by atoms with van der Waals surface area (Å²) >= 11 is 0. The molecule has 7 heteroatoms. The Bertz CT molecular complexity index is 1030. The van der Waals surface area contributed by atoms with Crippen LogP contribution in [0.15, 0.2) is 48.6 Å². The fraction of sp³-hybridized carbons (Fsp3) is 0.500. The summed E-state index contributed by atoms with van der Waals surface area (Å²) in [5, 5.41) is 9.01. The average Bonchev–Trinajstić information content (AvgIpc) is 2.92. The molecule has 0 radical (unpaired) electrons. The van der Waals surface area contributed by atoms with E-state index in [4.69, 9.17) is 24.7 Å². The molecule has 0 unspecified atom stereocenters. The van der Waals surface area contributed by atoms with Crippen molar-refractivity contribution in [2.45, 2.75) is 77.0 Å². The second kappa shape index (κ2) is 14.7. The van der Waals surface area contributed by atoms with E-state index in [1.165, 1.54) is 64.5 Å². The number of hydrogen-bond donors (Lipinski definition) is 1. The largest absolute Gasteiger partial charge is 0.391 e. The summed E-state index contributed by atoms with van der Waals surface area (Å²) in [6.07, 6.45) is 12.3. The van der Waals surface area contributed by atoms with Crippen molar-refractivity contribution in [3.8, 4) is 22.6 Å². The topological polar surface area (TPSA) is 74.2 Å². The quantitative estimate of drug-likeness (QED) is 0.122. The van der Waals surface area contributed by atoms with Gasteiger partial charge in [-0.25, -0.2) is 14.1 Å². The zero-order valence-electron chi connectivity index (χ0n) is 22.0. The van der Waals surface area contributed by atoms with Gasteiger partial charge >= 0.3 is 5.97 Å². The fourth-order valence-electron chi connectivity index (χ4n) is 4.95. The number of carbonyl (C=O) groups excluding carboxylic acids is 1. The van der Waals surface area contributed by atoms with Gasteiger partial charge in [-0.15, -0.1) is 0 Å². The predicted octanol–water partition coefficient (Wildman–Crippen LogP) is 7.45. The van der Waals surface area contributed by atoms with Crippen LogP contribution in [-0.4, -0.2) is 24.8 Å². The van der Waals surface area contributed by atoms with E-state index in [0.717, 1.165) is 24.3 Å². The first kappa shape index (κ1) is 28.7. The number of aliphatic hydroxyl groups excluding tert-OH is 1. The first-order chi connectivity index (χ1) is 18.0. The lowest BCUT2D eigenvalue weighted by Gasteiger charge is -2.29. The summed E-state index contributed by atoms with van der Waals surface area (Å²) < 4.78 is 15.2. The standard InChI is InChI=1S/C30H39FO6/c1-4-5-6-7-8-9-22-10-12-23(13-11-22)26-16-14-24(18-27(26)31)25-15-17-28(35-34-3)29(19-25)36-37-30(33)21(2)20-32/h14-19,22-23,32H,2,4-13,20H2,1,3H3. The van der Waals surface area contributed by atoms with E-state index in [1.54, 1.807) is 18.2 Å². The lowest BCUT2D eigenvalue weighted by atomic mass is 9.76. The van der Waals surface area contributed by atoms with E-state index in [-0.39, 0.29) is 28.8 Å². The fourth-order valence-corrected chi connectivity index (χ4v) is 4.95. The van der Waals surface area contributed by atoms with Crippen LogP contribution >= 0.6 is 0 Å². The monoisotopic (exact) mass is 514 g/mol. The molecule has 1 N–H and O–H groups in total. The SMILES string of the molecule is C=C(CO)C(=O)OOc1cc(-c2ccc(C3CCC(CCCCCCC)CC3)c(F)c2)ccc1OOC. The van der Waals surface area contributed by atoms with E-state index in [2.05, 4.69) is 13.5 Å². The normalized spacial score (nSPS) is 17.3. The minimum Gasteiger partial charge on any atom is -0.391 e. The molecule has 202 valence electrons. The van der Waals surface area contributed by atoms with Gasteiger partial charge in [-0.2, -0.15) is 4.89 Å². The number of halogens is 1. The third kappa shape index (κ3) is 8.30. The van der Waals surface area contributed by atoms with Gasteiger partial charge < -0.3 is 9.99 Å². The molecule has 6 nitrogen and oxygen atoms in total. The summed E-state index contributed by atoms with van der Waals surface area (Å²) in [6.45, 7) is 5.07. The molecule has 1 aliphatic carbocycles. The van der Waals surface area contributed by atoms with Gasteiger partial charge in [0.2, 0.25) is 11.5 Å². The molecule has 0 bridgehead atoms. The summed E-state index contributed by atoms with van der Waals surface area (Å²) in [7, 11) is 1.33. The van der Waals surface area contributed by atoms with Crippen molar-refractivity contribution < 1.29 is 33.8 Å². The molecule has 2 aromatic rings. The van der Waals surface area contributed by atoms with Gasteiger partial charge in [0.25, 0.3) is 0 Å². The van der Waals surface area contributed by atoms with Crippen LogP contribution in [0.1, 0.15) is 82.6 Å². The molecule has 2 aromatic carbocycles. The van der Waals surface area contributed by atoms with Gasteiger partial charge in [0.05, 0.1) is 19.3 Å². The highest BCUT2D eigenvalue weighted by molar-refractivity contribution is 5.87. The Morgan fingerprint density at radius 1 is 0.973 bits per heavy atom. The Labute approximate surface area is 219 Å². The van der Waals surface area contributed by atoms with Crippen molar-refractivity contribution in [1.29, 1.82) is 0 Å². The second-order valence-corrected chi connectivity index (χ2v) is 9.78. The molecule has 0 atom stereocenters. The van der Waals surface area contributed by atoms with E-state index in [9.17, 15) is 4.79 Å². The average molecular weight is 515 g/mol. The summed E-state index contributed by atoms with van der Waals surface area (Å²) in [5.41, 5.74) is 1.91. The summed E-state index contributed by atoms with van der Waals surface area (Å²) in [5.74, 6) is 0.100. The molecule has 0 spiro atoms. The molecule has 0 saturated heterocycles. The van der Waals surface area contributed by atoms with Gasteiger partial charge in [0.1, 0.15) is 5.82 Å². The van der Waals surface area contributed by atoms with Crippen molar-refractivity contribution in [2.24, 2.45) is 5.92 Å². The Balaban J connectivity index is 1.64. The summed E-state index contributed by atoms with van der Waals surface area (Å²) in [6, 6.07) is 10.2. The lowest BCUT2D eigenvalue weighted by molar-refractivity contribution is -0.216. The van der Waals surface area contributed by atoms with Crippen molar-refractivity contribution in [1.82, 2.24) is 0 Å². The van der Waals surface area contributed by atoms with Gasteiger partial charge in [0, 0.05) is 0 Å². The van der Waals surface area contributed by atoms with Gasteiger partial charge in [0.15, 0.2) is 0 Å². The molecule has 3 rings (SSSR count). The van der Waals surface area contributed by atoms with E-state index < -0.39 is 12.6 Å². The Morgan fingerprint density at radius 2 is 1.68 bits per heavy atom. The molecule has 1 saturated carbocycles. The molecule has 0 aliphatic heterocycles. The number of rotatable bonds is 14. The van der Waals surface area contributed by atoms with Crippen LogP contribution in [-0.2, 0) is 14.6 Å². The lowest BCUT2D eigenvalue weighted by Crippen LogP contribution is -2.14. The van der Waals surface area contributed by atoms with Crippen LogP contribution in [0, 0.1) is 11.7 Å². The Hall–Kier alpha value is -2.90. The highest BCUT2D eigenvalue weighted by Crippen LogP contribution is 2.40. The van der Waals surface area contributed by atoms with Crippen LogP contribution in [0.4, 0.5) is 4.39 Å². The van der Waals surface area contributed by atoms with E-state index in [0.29, 0.717) is 11.1 Å². The van der Waals surface area contributed by atoms with Gasteiger partial charge in [-0.1, -0.05) is 70.2 Å². The van der Waals surface area contributed by atoms with Crippen molar-refractivity contribution in [3.63, 3.8) is 0 Å². The first-order valence-corrected chi connectivity index (χ1v) is 13.3. The van der Waals surface area contributed by atoms with Crippen LogP contribution in [0.5, 0.6) is 11.5 Å². The maximum Gasteiger partial charge on any atom is 0.383 e. The first-order valence-electron chi connectivity index (χ1n) is 13.3. The third-order valence-electron chi connectivity index (χ3n) is 7.14. The Morgan fingerprint density at radius 3 is 2.35 bits per heavy atom. The van der Waals surface area contributed by atoms with E-state index >= 15 is 4.39 Å². The second-order valence-electron chi connectivity index (χ2n) is 9.78. The van der Waals surface area contributed by atoms with Crippen molar-refractivity contribution >= 4 is 5.97 Å². The number of carbonyl (C=O) groups is 1. The Kier molecular flexibility index (Phi) is 11.4. The zero-order chi connectivity index (χ0) is 26.6. The van der Waals surface area contributed by atoms with Gasteiger partial charge in [-0.05, 0) is 72.4 Å². The van der Waals surface area contributed by atoms with E-state index in [1.807, 2.05) is 12.1 Å². The minimum atomic E-state index is -0.919. The van der Waals surface area contributed by atoms with Crippen LogP contribution in [0.3, 0.4) is 0 Å². The predicted molar refractivity (Wildman–Crippen MR) is 140 cm³/mol. The summed E-state index contributed by atoms with van der Waals surface area (Å²) in [4.78, 5) is 31.4.